The van der Waals surface area contributed by atoms with E-state index in [0.29, 0.717) is 10.7 Å². The number of hydrogen-bond acceptors (Lipinski definition) is 8. The van der Waals surface area contributed by atoms with Gasteiger partial charge in [0.2, 0.25) is 11.8 Å². The summed E-state index contributed by atoms with van der Waals surface area (Å²) < 4.78 is 5.05. The molecular weight excluding hydrogens is 422 g/mol. The van der Waals surface area contributed by atoms with Crippen molar-refractivity contribution >= 4 is 40.7 Å². The number of halogens is 1. The van der Waals surface area contributed by atoms with Crippen LogP contribution >= 0.6 is 11.6 Å². The number of ether oxygens (including phenoxy) is 1. The zero-order valence-electron chi connectivity index (χ0n) is 16.7. The van der Waals surface area contributed by atoms with Crippen molar-refractivity contribution < 1.29 is 14.5 Å². The van der Waals surface area contributed by atoms with Crippen LogP contribution in [-0.4, -0.2) is 34.0 Å². The predicted molar refractivity (Wildman–Crippen MR) is 118 cm³/mol. The van der Waals surface area contributed by atoms with Gasteiger partial charge in [0.15, 0.2) is 0 Å². The summed E-state index contributed by atoms with van der Waals surface area (Å²) in [6.07, 6.45) is 1.11. The van der Waals surface area contributed by atoms with Crippen LogP contribution in [0.2, 0.25) is 5.02 Å². The minimum atomic E-state index is -0.579. The molecule has 0 amide bonds. The van der Waals surface area contributed by atoms with Gasteiger partial charge in [-0.25, -0.2) is 4.98 Å². The van der Waals surface area contributed by atoms with Crippen LogP contribution in [0.3, 0.4) is 0 Å². The number of nitrogens with one attached hydrogen (secondary N) is 1. The summed E-state index contributed by atoms with van der Waals surface area (Å²) in [5.74, 6) is -0.364. The zero-order valence-corrected chi connectivity index (χ0v) is 17.5. The molecule has 1 heterocycles. The molecule has 0 bridgehead atoms. The monoisotopic (exact) mass is 441 g/mol. The van der Waals surface area contributed by atoms with E-state index < -0.39 is 10.9 Å². The molecule has 2 aromatic carbocycles. The molecule has 3 rings (SSSR count). The molecule has 0 saturated carbocycles. The number of hydrogen-bond donors (Lipinski definition) is 1. The number of anilines is 3. The lowest BCUT2D eigenvalue weighted by atomic mass is 10.2. The lowest BCUT2D eigenvalue weighted by Gasteiger charge is -2.23. The molecule has 0 spiro atoms. The Labute approximate surface area is 183 Å². The van der Waals surface area contributed by atoms with E-state index >= 15 is 0 Å². The molecule has 0 unspecified atom stereocenters. The van der Waals surface area contributed by atoms with E-state index in [0.717, 1.165) is 11.8 Å². The van der Waals surface area contributed by atoms with Crippen molar-refractivity contribution in [3.05, 3.63) is 81.5 Å². The molecule has 0 radical (unpaired) electrons. The van der Waals surface area contributed by atoms with E-state index in [1.54, 1.807) is 31.2 Å². The van der Waals surface area contributed by atoms with Gasteiger partial charge in [-0.3, -0.25) is 14.9 Å². The highest BCUT2D eigenvalue weighted by molar-refractivity contribution is 6.30. The van der Waals surface area contributed by atoms with Gasteiger partial charge in [-0.1, -0.05) is 41.9 Å². The van der Waals surface area contributed by atoms with E-state index in [-0.39, 0.29) is 37.1 Å². The first-order valence-corrected chi connectivity index (χ1v) is 9.82. The molecule has 31 heavy (non-hydrogen) atoms. The quantitative estimate of drug-likeness (QED) is 0.296. The van der Waals surface area contributed by atoms with Crippen molar-refractivity contribution in [3.63, 3.8) is 0 Å². The number of carbonyl (C=O) groups is 1. The number of aromatic nitrogens is 2. The van der Waals surface area contributed by atoms with Crippen molar-refractivity contribution in [1.29, 1.82) is 0 Å². The zero-order chi connectivity index (χ0) is 22.2. The third-order valence-electron chi connectivity index (χ3n) is 4.19. The number of benzene rings is 2. The summed E-state index contributed by atoms with van der Waals surface area (Å²) in [4.78, 5) is 33.2. The van der Waals surface area contributed by atoms with E-state index in [2.05, 4.69) is 15.3 Å². The van der Waals surface area contributed by atoms with Gasteiger partial charge in [0.05, 0.1) is 11.5 Å². The smallest absolute Gasteiger partial charge is 0.329 e. The van der Waals surface area contributed by atoms with E-state index in [1.165, 1.54) is 4.90 Å². The Balaban J connectivity index is 1.98. The van der Waals surface area contributed by atoms with Gasteiger partial charge < -0.3 is 15.0 Å². The van der Waals surface area contributed by atoms with Gasteiger partial charge in [0, 0.05) is 17.3 Å². The third-order valence-corrected chi connectivity index (χ3v) is 4.44. The third kappa shape index (κ3) is 6.13. The van der Waals surface area contributed by atoms with Crippen LogP contribution in [0.15, 0.2) is 60.8 Å². The summed E-state index contributed by atoms with van der Waals surface area (Å²) in [5.41, 5.74) is 1.19. The Morgan fingerprint density at radius 3 is 2.55 bits per heavy atom. The highest BCUT2D eigenvalue weighted by Gasteiger charge is 2.25. The second kappa shape index (κ2) is 10.4. The Hall–Kier alpha value is -3.72. The summed E-state index contributed by atoms with van der Waals surface area (Å²) in [6, 6.07) is 16.1. The van der Waals surface area contributed by atoms with Crippen LogP contribution in [0.1, 0.15) is 12.5 Å². The number of nitrogens with zero attached hydrogens (tertiary/aromatic N) is 4. The summed E-state index contributed by atoms with van der Waals surface area (Å²) in [6.45, 7) is 1.91. The fraction of sp³-hybridized carbons (Fsp3) is 0.190. The molecule has 0 aliphatic rings. The Kier molecular flexibility index (Phi) is 7.34. The van der Waals surface area contributed by atoms with Crippen LogP contribution in [0.4, 0.5) is 23.1 Å². The lowest BCUT2D eigenvalue weighted by molar-refractivity contribution is -0.384. The largest absolute Gasteiger partial charge is 0.465 e. The first-order valence-electron chi connectivity index (χ1n) is 9.44. The molecule has 0 aliphatic heterocycles. The molecule has 0 fully saturated rings. The molecule has 3 aromatic rings. The lowest BCUT2D eigenvalue weighted by Crippen LogP contribution is -2.32. The number of carbonyl (C=O) groups excluding carboxylic acids is 1. The Morgan fingerprint density at radius 2 is 1.90 bits per heavy atom. The number of nitro groups is 1. The maximum atomic E-state index is 12.2. The molecule has 1 aromatic heterocycles. The second-order valence-electron chi connectivity index (χ2n) is 6.44. The summed E-state index contributed by atoms with van der Waals surface area (Å²) in [7, 11) is 0. The topological polar surface area (TPSA) is 110 Å². The number of esters is 1. The van der Waals surface area contributed by atoms with E-state index in [4.69, 9.17) is 16.3 Å². The highest BCUT2D eigenvalue weighted by atomic mass is 35.5. The van der Waals surface area contributed by atoms with Crippen molar-refractivity contribution in [2.75, 3.05) is 23.4 Å². The van der Waals surface area contributed by atoms with Crippen LogP contribution in [0, 0.1) is 10.1 Å². The van der Waals surface area contributed by atoms with Crippen molar-refractivity contribution in [2.24, 2.45) is 0 Å². The summed E-state index contributed by atoms with van der Waals surface area (Å²) >= 11 is 5.90. The molecule has 10 heteroatoms. The van der Waals surface area contributed by atoms with Crippen LogP contribution in [0.5, 0.6) is 0 Å². The average Bonchev–Trinajstić information content (AvgIpc) is 2.75. The van der Waals surface area contributed by atoms with Gasteiger partial charge in [0.1, 0.15) is 12.7 Å². The molecule has 1 N–H and O–H groups in total. The van der Waals surface area contributed by atoms with Gasteiger partial charge in [-0.2, -0.15) is 4.98 Å². The van der Waals surface area contributed by atoms with Crippen LogP contribution in [0.25, 0.3) is 0 Å². The van der Waals surface area contributed by atoms with Gasteiger partial charge >= 0.3 is 11.7 Å². The molecule has 0 aliphatic carbocycles. The Morgan fingerprint density at radius 1 is 1.19 bits per heavy atom. The fourth-order valence-electron chi connectivity index (χ4n) is 2.82. The standard InChI is InChI=1S/C21H20ClN5O4/c1-2-31-19(28)14-26(13-15-6-4-3-5-7-15)20-18(27(29)30)12-23-21(25-20)24-17-10-8-16(22)9-11-17/h3-12H,2,13-14H2,1H3,(H,23,24,25). The normalized spacial score (nSPS) is 10.4. The van der Waals surface area contributed by atoms with E-state index in [9.17, 15) is 14.9 Å². The number of rotatable bonds is 9. The van der Waals surface area contributed by atoms with Gasteiger partial charge in [-0.15, -0.1) is 0 Å². The van der Waals surface area contributed by atoms with E-state index in [1.807, 2.05) is 30.3 Å². The van der Waals surface area contributed by atoms with Crippen molar-refractivity contribution in [3.8, 4) is 0 Å². The highest BCUT2D eigenvalue weighted by Crippen LogP contribution is 2.28. The second-order valence-corrected chi connectivity index (χ2v) is 6.87. The van der Waals surface area contributed by atoms with Crippen LogP contribution < -0.4 is 10.2 Å². The first-order chi connectivity index (χ1) is 15.0. The van der Waals surface area contributed by atoms with Crippen molar-refractivity contribution in [2.45, 2.75) is 13.5 Å². The minimum Gasteiger partial charge on any atom is -0.465 e. The SMILES string of the molecule is CCOC(=O)CN(Cc1ccccc1)c1nc(Nc2ccc(Cl)cc2)ncc1[N+](=O)[O-]. The molecule has 160 valence electrons. The van der Waals surface area contributed by atoms with Crippen molar-refractivity contribution in [1.82, 2.24) is 9.97 Å². The van der Waals surface area contributed by atoms with Gasteiger partial charge in [0.25, 0.3) is 0 Å². The molecule has 0 saturated heterocycles. The van der Waals surface area contributed by atoms with Crippen LogP contribution in [-0.2, 0) is 16.1 Å². The molecule has 9 nitrogen and oxygen atoms in total. The maximum absolute atomic E-state index is 12.2. The Bertz CT molecular complexity index is 1050. The first kappa shape index (κ1) is 22.0. The van der Waals surface area contributed by atoms with Gasteiger partial charge in [-0.05, 0) is 36.8 Å². The minimum absolute atomic E-state index is 0.00775. The summed E-state index contributed by atoms with van der Waals surface area (Å²) in [5, 5.41) is 15.2. The fourth-order valence-corrected chi connectivity index (χ4v) is 2.95. The molecule has 0 atom stereocenters. The molecular formula is C21H20ClN5O4. The maximum Gasteiger partial charge on any atom is 0.329 e. The average molecular weight is 442 g/mol. The predicted octanol–water partition coefficient (Wildman–Crippen LogP) is 4.35.